The molecule has 0 aliphatic rings. The first-order valence-corrected chi connectivity index (χ1v) is 11.3. The van der Waals surface area contributed by atoms with E-state index in [0.29, 0.717) is 0 Å². The molecule has 0 aromatic heterocycles. The molecule has 0 spiro atoms. The summed E-state index contributed by atoms with van der Waals surface area (Å²) in [7, 11) is 5.25. The number of nitrogens with zero attached hydrogens (tertiary/aromatic N) is 2. The minimum atomic E-state index is -2.04. The third-order valence-corrected chi connectivity index (χ3v) is 4.07. The maximum absolute atomic E-state index is 11.7. The fraction of sp³-hybridized carbons (Fsp3) is 0.654. The number of Topliss-reactive ketones (excluding diaryl/α,β-unsaturated/α-hetero) is 1. The Morgan fingerprint density at radius 2 is 1.20 bits per heavy atom. The number of ketones is 1. The van der Waals surface area contributed by atoms with Crippen LogP contribution < -0.4 is 17.0 Å². The number of halogens is 1. The topological polar surface area (TPSA) is 149 Å². The summed E-state index contributed by atoms with van der Waals surface area (Å²) >= 11 is 0. The van der Waals surface area contributed by atoms with Gasteiger partial charge in [-0.2, -0.15) is 0 Å². The minimum absolute atomic E-state index is 0. The van der Waals surface area contributed by atoms with E-state index in [9.17, 15) is 29.1 Å². The third kappa shape index (κ3) is 22.3. The van der Waals surface area contributed by atoms with Gasteiger partial charge >= 0.3 is 47.2 Å². The quantitative estimate of drug-likeness (QED) is 0.0834. The van der Waals surface area contributed by atoms with Gasteiger partial charge in [-0.1, -0.05) is 5.92 Å². The Morgan fingerprint density at radius 3 is 1.50 bits per heavy atom. The van der Waals surface area contributed by atoms with Crippen molar-refractivity contribution in [3.63, 3.8) is 0 Å². The zero-order chi connectivity index (χ0) is 30.9. The van der Waals surface area contributed by atoms with Gasteiger partial charge in [0.05, 0.1) is 14.2 Å². The maximum Gasteiger partial charge on any atom is 2.00 e. The second kappa shape index (κ2) is 22.2. The van der Waals surface area contributed by atoms with Crippen molar-refractivity contribution < 1.29 is 65.0 Å². The second-order valence-corrected chi connectivity index (χ2v) is 9.71. The summed E-state index contributed by atoms with van der Waals surface area (Å²) in [5, 5.41) is 9.86. The van der Waals surface area contributed by atoms with Crippen LogP contribution in [0.3, 0.4) is 0 Å². The first kappa shape index (κ1) is 47.3. The van der Waals surface area contributed by atoms with Crippen molar-refractivity contribution in [2.45, 2.75) is 71.2 Å². The average Bonchev–Trinajstić information content (AvgIpc) is 2.83. The molecule has 0 heterocycles. The number of terminal acetylenes is 2. The van der Waals surface area contributed by atoms with Crippen LogP contribution in [0.15, 0.2) is 0 Å². The molecule has 12 nitrogen and oxygen atoms in total. The molecule has 0 aromatic rings. The molecule has 0 rings (SSSR count). The molecule has 0 fully saturated rings. The monoisotopic (exact) mass is 644 g/mol. The van der Waals surface area contributed by atoms with Gasteiger partial charge in [-0.15, -0.1) is 6.42 Å². The van der Waals surface area contributed by atoms with E-state index in [4.69, 9.17) is 22.3 Å². The molecule has 0 aliphatic carbocycles. The van der Waals surface area contributed by atoms with Crippen LogP contribution >= 0.6 is 0 Å². The van der Waals surface area contributed by atoms with Crippen molar-refractivity contribution >= 4 is 53.0 Å². The molecule has 1 unspecified atom stereocenters. The van der Waals surface area contributed by atoms with Gasteiger partial charge < -0.3 is 63.7 Å². The third-order valence-electron chi connectivity index (χ3n) is 4.07. The summed E-state index contributed by atoms with van der Waals surface area (Å²) in [6, 6.07) is 0. The number of rotatable bonds is 8. The maximum atomic E-state index is 11.7. The molecule has 0 aromatic carbocycles. The van der Waals surface area contributed by atoms with Crippen molar-refractivity contribution in [3.8, 4) is 18.8 Å². The number of methoxy groups -OCH3 is 2. The summed E-state index contributed by atoms with van der Waals surface area (Å²) in [5.41, 5.74) is -3.24. The molecule has 14 heteroatoms. The SMILES string of the molecule is C#CC(O)(CCN(C)C(=O)OC(C)(C)C)C(=O)OC.COC(=O)C(=O)CCN(C)C(=O)OC(C)(C)C.[Br-].[C-]#C.[Mg+2]. The average molecular weight is 646 g/mol. The largest absolute Gasteiger partial charge is 2.00 e. The first-order chi connectivity index (χ1) is 17.2. The van der Waals surface area contributed by atoms with E-state index < -0.39 is 46.7 Å². The molecule has 1 N–H and O–H groups in total. The number of aliphatic hydroxyl groups is 1. The predicted octanol–water partition coefficient (Wildman–Crippen LogP) is -1.40. The number of hydrogen-bond donors (Lipinski definition) is 1. The van der Waals surface area contributed by atoms with E-state index >= 15 is 0 Å². The van der Waals surface area contributed by atoms with Crippen LogP contribution in [0.2, 0.25) is 0 Å². The standard InChI is InChI=1S/C13H21NO5.C11H19NO5.C2H.BrH.Mg/c1-7-13(17,10(15)18-6)8-9-14(5)11(16)19-12(2,3)4;1-11(2,3)17-10(15)12(4)7-6-8(13)9(14)16-5;1-2;;/h1,17H,8-9H2,2-6H3;6-7H2,1-5H3;1H;1H;/q;;-1;;+2/p-1. The van der Waals surface area contributed by atoms with E-state index in [-0.39, 0.29) is 66.0 Å². The molecule has 0 saturated heterocycles. The van der Waals surface area contributed by atoms with Crippen molar-refractivity contribution in [2.24, 2.45) is 0 Å². The van der Waals surface area contributed by atoms with Gasteiger partial charge in [0, 0.05) is 40.0 Å². The predicted molar refractivity (Wildman–Crippen MR) is 144 cm³/mol. The van der Waals surface area contributed by atoms with Gasteiger partial charge in [0.15, 0.2) is 0 Å². The van der Waals surface area contributed by atoms with Gasteiger partial charge in [0.1, 0.15) is 11.2 Å². The van der Waals surface area contributed by atoms with Crippen LogP contribution in [0, 0.1) is 25.2 Å². The number of carbonyl (C=O) groups excluding carboxylic acids is 5. The molecule has 224 valence electrons. The van der Waals surface area contributed by atoms with Crippen molar-refractivity contribution in [2.75, 3.05) is 41.4 Å². The van der Waals surface area contributed by atoms with Crippen molar-refractivity contribution in [1.82, 2.24) is 9.80 Å². The van der Waals surface area contributed by atoms with Crippen molar-refractivity contribution in [3.05, 3.63) is 6.42 Å². The molecular weight excluding hydrogens is 604 g/mol. The van der Waals surface area contributed by atoms with E-state index in [1.807, 2.05) is 5.92 Å². The van der Waals surface area contributed by atoms with E-state index in [2.05, 4.69) is 15.9 Å². The molecule has 0 bridgehead atoms. The molecular formula is C26H41BrMgN2O10. The number of hydrogen-bond acceptors (Lipinski definition) is 10. The van der Waals surface area contributed by atoms with Gasteiger partial charge in [0.25, 0.3) is 0 Å². The number of esters is 2. The van der Waals surface area contributed by atoms with Crippen LogP contribution in [-0.4, -0.2) is 126 Å². The molecule has 0 radical (unpaired) electrons. The Morgan fingerprint density at radius 1 is 0.825 bits per heavy atom. The normalized spacial score (nSPS) is 11.2. The van der Waals surface area contributed by atoms with Gasteiger partial charge in [0.2, 0.25) is 11.4 Å². The van der Waals surface area contributed by atoms with E-state index in [0.717, 1.165) is 14.2 Å². The van der Waals surface area contributed by atoms with Crippen LogP contribution in [0.25, 0.3) is 0 Å². The summed E-state index contributed by atoms with van der Waals surface area (Å²) in [6.07, 6.45) is 12.8. The molecule has 0 aliphatic heterocycles. The molecule has 0 saturated carbocycles. The zero-order valence-corrected chi connectivity index (χ0v) is 28.1. The van der Waals surface area contributed by atoms with E-state index in [1.165, 1.54) is 23.9 Å². The fourth-order valence-corrected chi connectivity index (χ4v) is 2.08. The Hall–Kier alpha value is -2.52. The summed E-state index contributed by atoms with van der Waals surface area (Å²) < 4.78 is 18.9. The summed E-state index contributed by atoms with van der Waals surface area (Å²) in [5.74, 6) is -0.514. The Bertz CT molecular complexity index is 875. The van der Waals surface area contributed by atoms with Gasteiger partial charge in [-0.25, -0.2) is 19.2 Å². The smallest absolute Gasteiger partial charge is 1.00 e. The van der Waals surface area contributed by atoms with Gasteiger partial charge in [-0.05, 0) is 41.5 Å². The zero-order valence-electron chi connectivity index (χ0n) is 25.1. The molecule has 2 amide bonds. The molecule has 40 heavy (non-hydrogen) atoms. The number of ether oxygens (including phenoxy) is 4. The summed E-state index contributed by atoms with van der Waals surface area (Å²) in [4.78, 5) is 58.9. The second-order valence-electron chi connectivity index (χ2n) is 9.71. The fourth-order valence-electron chi connectivity index (χ4n) is 2.08. The molecule has 1 atom stereocenters. The number of carbonyl (C=O) groups is 5. The minimum Gasteiger partial charge on any atom is -1.00 e. The number of amides is 2. The summed E-state index contributed by atoms with van der Waals surface area (Å²) in [6.45, 7) is 10.6. The van der Waals surface area contributed by atoms with Crippen LogP contribution in [-0.2, 0) is 33.3 Å². The van der Waals surface area contributed by atoms with Crippen molar-refractivity contribution in [1.29, 1.82) is 0 Å². The van der Waals surface area contributed by atoms with Gasteiger partial charge in [-0.3, -0.25) is 4.79 Å². The Balaban J connectivity index is -0.000000184. The van der Waals surface area contributed by atoms with Crippen LogP contribution in [0.1, 0.15) is 54.4 Å². The first-order valence-electron chi connectivity index (χ1n) is 11.3. The van der Waals surface area contributed by atoms with Crippen LogP contribution in [0.4, 0.5) is 9.59 Å². The Labute approximate surface area is 264 Å². The van der Waals surface area contributed by atoms with E-state index in [1.54, 1.807) is 41.5 Å². The Kier molecular flexibility index (Phi) is 26.2. The van der Waals surface area contributed by atoms with Crippen LogP contribution in [0.5, 0.6) is 0 Å².